The zero-order valence-electron chi connectivity index (χ0n) is 19.5. The van der Waals surface area contributed by atoms with Gasteiger partial charge in [-0.15, -0.1) is 0 Å². The van der Waals surface area contributed by atoms with Crippen LogP contribution in [0.15, 0.2) is 30.8 Å². The molecule has 0 radical (unpaired) electrons. The molecular formula is C26H41NaO3. The molecule has 0 aromatic heterocycles. The van der Waals surface area contributed by atoms with Crippen molar-refractivity contribution in [1.29, 1.82) is 0 Å². The maximum absolute atomic E-state index is 10.3. The molecule has 4 heteroatoms. The van der Waals surface area contributed by atoms with Gasteiger partial charge in [-0.1, -0.05) is 95.9 Å². The third-order valence-electron chi connectivity index (χ3n) is 5.53. The molecule has 1 unspecified atom stereocenters. The second-order valence-electron chi connectivity index (χ2n) is 8.07. The molecule has 0 aliphatic carbocycles. The number of aliphatic carboxylic acids is 1. The number of hydrogen-bond acceptors (Lipinski definition) is 3. The average molecular weight is 425 g/mol. The van der Waals surface area contributed by atoms with Crippen molar-refractivity contribution >= 4 is 12.0 Å². The first kappa shape index (κ1) is 29.2. The summed E-state index contributed by atoms with van der Waals surface area (Å²) in [6.45, 7) is 5.98. The Morgan fingerprint density at radius 1 is 0.900 bits per heavy atom. The number of rotatable bonds is 19. The van der Waals surface area contributed by atoms with Crippen LogP contribution in [0.1, 0.15) is 109 Å². The predicted octanol–water partition coefficient (Wildman–Crippen LogP) is 3.70. The van der Waals surface area contributed by atoms with Gasteiger partial charge < -0.3 is 14.6 Å². The number of ether oxygens (including phenoxy) is 1. The Morgan fingerprint density at radius 2 is 1.37 bits per heavy atom. The topological polar surface area (TPSA) is 49.4 Å². The fourth-order valence-electron chi connectivity index (χ4n) is 3.63. The molecule has 0 amide bonds. The van der Waals surface area contributed by atoms with E-state index < -0.39 is 5.97 Å². The summed E-state index contributed by atoms with van der Waals surface area (Å²) in [4.78, 5) is 10.3. The van der Waals surface area contributed by atoms with Gasteiger partial charge in [-0.05, 0) is 49.8 Å². The van der Waals surface area contributed by atoms with E-state index in [2.05, 4.69) is 13.5 Å². The second kappa shape index (κ2) is 20.2. The van der Waals surface area contributed by atoms with Gasteiger partial charge >= 0.3 is 29.6 Å². The van der Waals surface area contributed by atoms with Gasteiger partial charge in [0.2, 0.25) is 0 Å². The molecule has 0 aliphatic heterocycles. The van der Waals surface area contributed by atoms with Crippen LogP contribution in [0.4, 0.5) is 0 Å². The second-order valence-corrected chi connectivity index (χ2v) is 8.07. The summed E-state index contributed by atoms with van der Waals surface area (Å²) in [5.74, 6) is 0.0441. The Hall–Kier alpha value is -0.770. The summed E-state index contributed by atoms with van der Waals surface area (Å²) in [5.41, 5.74) is 1.12. The number of benzene rings is 1. The van der Waals surface area contributed by atoms with Crippen molar-refractivity contribution in [2.75, 3.05) is 0 Å². The summed E-state index contributed by atoms with van der Waals surface area (Å²) in [5, 5.41) is 10.3. The monoisotopic (exact) mass is 424 g/mol. The van der Waals surface area contributed by atoms with Gasteiger partial charge in [0.1, 0.15) is 5.75 Å². The Labute approximate surface area is 207 Å². The fourth-order valence-corrected chi connectivity index (χ4v) is 3.63. The van der Waals surface area contributed by atoms with E-state index >= 15 is 0 Å². The van der Waals surface area contributed by atoms with E-state index in [1.807, 2.05) is 30.3 Å². The number of carbonyl (C=O) groups is 1. The maximum atomic E-state index is 10.3. The first-order chi connectivity index (χ1) is 14.2. The number of hydrogen-bond donors (Lipinski definition) is 0. The molecule has 0 fully saturated rings. The quantitative estimate of drug-likeness (QED) is 0.251. The molecule has 30 heavy (non-hydrogen) atoms. The first-order valence-corrected chi connectivity index (χ1v) is 11.7. The molecule has 1 aromatic carbocycles. The summed E-state index contributed by atoms with van der Waals surface area (Å²) < 4.78 is 6.12. The minimum absolute atomic E-state index is 0. The number of carbonyl (C=O) groups excluding carboxylic acids is 1. The summed E-state index contributed by atoms with van der Waals surface area (Å²) in [7, 11) is 0. The van der Waals surface area contributed by atoms with Crippen LogP contribution in [-0.4, -0.2) is 12.1 Å². The van der Waals surface area contributed by atoms with Crippen LogP contribution in [-0.2, 0) is 4.79 Å². The molecule has 0 heterocycles. The van der Waals surface area contributed by atoms with Crippen LogP contribution >= 0.6 is 0 Å². The standard InChI is InChI=1S/C26H42O3.Na/c1-3-23-19-21-25(22-20-23)29-24(4-2)17-15-13-11-9-7-5-6-8-10-12-14-16-18-26(27)28;/h3,19-22,24H,1,4-18H2,2H3,(H,27,28);/q;+1/p-1. The van der Waals surface area contributed by atoms with Gasteiger partial charge in [-0.3, -0.25) is 0 Å². The Balaban J connectivity index is 0.00000841. The number of carboxylic acid groups (broad SMARTS) is 1. The van der Waals surface area contributed by atoms with Crippen molar-refractivity contribution < 1.29 is 44.2 Å². The zero-order chi connectivity index (χ0) is 21.2. The molecule has 1 rings (SSSR count). The van der Waals surface area contributed by atoms with Crippen molar-refractivity contribution in [2.45, 2.75) is 109 Å². The Morgan fingerprint density at radius 3 is 1.80 bits per heavy atom. The van der Waals surface area contributed by atoms with E-state index in [4.69, 9.17) is 4.74 Å². The van der Waals surface area contributed by atoms with Gasteiger partial charge in [0.15, 0.2) is 0 Å². The van der Waals surface area contributed by atoms with E-state index in [1.165, 1.54) is 57.8 Å². The van der Waals surface area contributed by atoms with Gasteiger partial charge in [0.05, 0.1) is 6.10 Å². The molecule has 0 aliphatic rings. The van der Waals surface area contributed by atoms with Crippen LogP contribution in [0.25, 0.3) is 6.08 Å². The molecule has 0 saturated carbocycles. The maximum Gasteiger partial charge on any atom is 1.00 e. The number of carboxylic acids is 1. The third-order valence-corrected chi connectivity index (χ3v) is 5.53. The summed E-state index contributed by atoms with van der Waals surface area (Å²) in [6.07, 6.45) is 19.3. The van der Waals surface area contributed by atoms with E-state index in [-0.39, 0.29) is 36.0 Å². The van der Waals surface area contributed by atoms with E-state index in [0.717, 1.165) is 43.4 Å². The van der Waals surface area contributed by atoms with Crippen molar-refractivity contribution in [3.05, 3.63) is 36.4 Å². The summed E-state index contributed by atoms with van der Waals surface area (Å²) >= 11 is 0. The van der Waals surface area contributed by atoms with E-state index in [0.29, 0.717) is 6.10 Å². The molecular weight excluding hydrogens is 383 g/mol. The van der Waals surface area contributed by atoms with Crippen molar-refractivity contribution in [3.8, 4) is 5.75 Å². The zero-order valence-corrected chi connectivity index (χ0v) is 21.5. The third kappa shape index (κ3) is 16.0. The largest absolute Gasteiger partial charge is 1.00 e. The molecule has 3 nitrogen and oxygen atoms in total. The molecule has 0 bridgehead atoms. The summed E-state index contributed by atoms with van der Waals surface area (Å²) in [6, 6.07) is 8.17. The van der Waals surface area contributed by atoms with Gasteiger partial charge in [-0.2, -0.15) is 0 Å². The fraction of sp³-hybridized carbons (Fsp3) is 0.654. The first-order valence-electron chi connectivity index (χ1n) is 11.7. The minimum Gasteiger partial charge on any atom is -0.550 e. The molecule has 164 valence electrons. The molecule has 0 saturated heterocycles. The van der Waals surface area contributed by atoms with E-state index in [9.17, 15) is 9.90 Å². The Kier molecular flexibility index (Phi) is 19.6. The van der Waals surface area contributed by atoms with Gasteiger partial charge in [0.25, 0.3) is 0 Å². The van der Waals surface area contributed by atoms with E-state index in [1.54, 1.807) is 0 Å². The van der Waals surface area contributed by atoms with Crippen LogP contribution in [0.2, 0.25) is 0 Å². The smallest absolute Gasteiger partial charge is 0.550 e. The SMILES string of the molecule is C=Cc1ccc(OC(CC)CCCCCCCCCCCCCCC(=O)[O-])cc1.[Na+]. The predicted molar refractivity (Wildman–Crippen MR) is 121 cm³/mol. The van der Waals surface area contributed by atoms with Crippen LogP contribution < -0.4 is 39.4 Å². The molecule has 0 spiro atoms. The Bertz CT molecular complexity index is 542. The minimum atomic E-state index is -0.915. The van der Waals surface area contributed by atoms with Crippen molar-refractivity contribution in [1.82, 2.24) is 0 Å². The van der Waals surface area contributed by atoms with Crippen LogP contribution in [0.5, 0.6) is 5.75 Å². The van der Waals surface area contributed by atoms with Crippen LogP contribution in [0, 0.1) is 0 Å². The van der Waals surface area contributed by atoms with Crippen LogP contribution in [0.3, 0.4) is 0 Å². The number of unbranched alkanes of at least 4 members (excludes halogenated alkanes) is 11. The molecule has 1 atom stereocenters. The van der Waals surface area contributed by atoms with Gasteiger partial charge in [-0.25, -0.2) is 0 Å². The normalized spacial score (nSPS) is 11.5. The average Bonchev–Trinajstić information content (AvgIpc) is 2.73. The van der Waals surface area contributed by atoms with Crippen molar-refractivity contribution in [2.24, 2.45) is 0 Å². The molecule has 0 N–H and O–H groups in total. The van der Waals surface area contributed by atoms with Crippen molar-refractivity contribution in [3.63, 3.8) is 0 Å². The van der Waals surface area contributed by atoms with Gasteiger partial charge in [0, 0.05) is 5.97 Å². The molecule has 1 aromatic rings.